The SMILES string of the molecule is O=[N+]([O-])c1ccc(N[C@H]2CCNC2)cc1. The zero-order valence-corrected chi connectivity index (χ0v) is 8.27. The molecule has 15 heavy (non-hydrogen) atoms. The molecule has 1 heterocycles. The van der Waals surface area contributed by atoms with Crippen LogP contribution in [0.1, 0.15) is 6.42 Å². The molecule has 0 bridgehead atoms. The van der Waals surface area contributed by atoms with Gasteiger partial charge in [0, 0.05) is 30.4 Å². The van der Waals surface area contributed by atoms with Crippen molar-refractivity contribution in [3.63, 3.8) is 0 Å². The summed E-state index contributed by atoms with van der Waals surface area (Å²) in [6.45, 7) is 1.99. The van der Waals surface area contributed by atoms with Gasteiger partial charge in [-0.15, -0.1) is 0 Å². The van der Waals surface area contributed by atoms with Crippen LogP contribution in [0.25, 0.3) is 0 Å². The van der Waals surface area contributed by atoms with Crippen molar-refractivity contribution in [1.29, 1.82) is 0 Å². The molecule has 1 saturated heterocycles. The highest BCUT2D eigenvalue weighted by Gasteiger charge is 2.14. The van der Waals surface area contributed by atoms with Crippen molar-refractivity contribution >= 4 is 11.4 Å². The second kappa shape index (κ2) is 4.27. The Morgan fingerprint density at radius 2 is 2.13 bits per heavy atom. The molecule has 0 spiro atoms. The predicted octanol–water partition coefficient (Wildman–Crippen LogP) is 1.37. The van der Waals surface area contributed by atoms with Crippen LogP contribution in [0.2, 0.25) is 0 Å². The van der Waals surface area contributed by atoms with Gasteiger partial charge in [0.05, 0.1) is 4.92 Å². The number of hydrogen-bond donors (Lipinski definition) is 2. The lowest BCUT2D eigenvalue weighted by molar-refractivity contribution is -0.384. The third kappa shape index (κ3) is 2.44. The summed E-state index contributed by atoms with van der Waals surface area (Å²) in [5.41, 5.74) is 1.07. The Morgan fingerprint density at radius 1 is 1.40 bits per heavy atom. The molecule has 0 saturated carbocycles. The highest BCUT2D eigenvalue weighted by atomic mass is 16.6. The van der Waals surface area contributed by atoms with Crippen LogP contribution in [0.4, 0.5) is 11.4 Å². The minimum atomic E-state index is -0.388. The van der Waals surface area contributed by atoms with Crippen molar-refractivity contribution in [2.75, 3.05) is 18.4 Å². The molecular formula is C10H13N3O2. The number of nitrogens with one attached hydrogen (secondary N) is 2. The Morgan fingerprint density at radius 3 is 2.67 bits per heavy atom. The van der Waals surface area contributed by atoms with E-state index in [1.165, 1.54) is 12.1 Å². The molecule has 5 heteroatoms. The van der Waals surface area contributed by atoms with Gasteiger partial charge in [-0.2, -0.15) is 0 Å². The number of non-ortho nitro benzene ring substituents is 1. The van der Waals surface area contributed by atoms with Crippen LogP contribution < -0.4 is 10.6 Å². The predicted molar refractivity (Wildman–Crippen MR) is 58.0 cm³/mol. The maximum absolute atomic E-state index is 10.4. The minimum Gasteiger partial charge on any atom is -0.381 e. The maximum atomic E-state index is 10.4. The first-order valence-corrected chi connectivity index (χ1v) is 4.97. The lowest BCUT2D eigenvalue weighted by Gasteiger charge is -2.12. The highest BCUT2D eigenvalue weighted by molar-refractivity contribution is 5.49. The van der Waals surface area contributed by atoms with Crippen LogP contribution in [-0.2, 0) is 0 Å². The molecule has 80 valence electrons. The summed E-state index contributed by atoms with van der Waals surface area (Å²) in [5, 5.41) is 17.0. The van der Waals surface area contributed by atoms with Crippen molar-refractivity contribution in [3.05, 3.63) is 34.4 Å². The van der Waals surface area contributed by atoms with Crippen LogP contribution in [0, 0.1) is 10.1 Å². The molecule has 0 radical (unpaired) electrons. The largest absolute Gasteiger partial charge is 0.381 e. The summed E-state index contributed by atoms with van der Waals surface area (Å²) in [6.07, 6.45) is 1.09. The summed E-state index contributed by atoms with van der Waals surface area (Å²) >= 11 is 0. The molecule has 0 aromatic heterocycles. The number of anilines is 1. The second-order valence-electron chi connectivity index (χ2n) is 3.64. The molecular weight excluding hydrogens is 194 g/mol. The molecule has 1 aromatic rings. The molecule has 1 atom stereocenters. The Balaban J connectivity index is 2.00. The molecule has 0 amide bonds. The standard InChI is InChI=1S/C10H13N3O2/c14-13(15)10-3-1-8(2-4-10)12-9-5-6-11-7-9/h1-4,9,11-12H,5-7H2/t9-/m0/s1. The van der Waals surface area contributed by atoms with Gasteiger partial charge in [-0.3, -0.25) is 10.1 Å². The van der Waals surface area contributed by atoms with E-state index in [-0.39, 0.29) is 10.6 Å². The van der Waals surface area contributed by atoms with E-state index in [2.05, 4.69) is 10.6 Å². The van der Waals surface area contributed by atoms with Crippen LogP contribution in [0.5, 0.6) is 0 Å². The van der Waals surface area contributed by atoms with Crippen molar-refractivity contribution < 1.29 is 4.92 Å². The summed E-state index contributed by atoms with van der Waals surface area (Å²) in [4.78, 5) is 10.0. The third-order valence-corrected chi connectivity index (χ3v) is 2.51. The van der Waals surface area contributed by atoms with E-state index in [0.29, 0.717) is 6.04 Å². The fraction of sp³-hybridized carbons (Fsp3) is 0.400. The number of hydrogen-bond acceptors (Lipinski definition) is 4. The van der Waals surface area contributed by atoms with Crippen LogP contribution in [-0.4, -0.2) is 24.1 Å². The van der Waals surface area contributed by atoms with Gasteiger partial charge in [0.25, 0.3) is 5.69 Å². The lowest BCUT2D eigenvalue weighted by Crippen LogP contribution is -2.21. The van der Waals surface area contributed by atoms with E-state index in [9.17, 15) is 10.1 Å². The Kier molecular flexibility index (Phi) is 2.82. The van der Waals surface area contributed by atoms with E-state index >= 15 is 0 Å². The van der Waals surface area contributed by atoms with Crippen molar-refractivity contribution in [2.45, 2.75) is 12.5 Å². The fourth-order valence-electron chi connectivity index (χ4n) is 1.69. The summed E-state index contributed by atoms with van der Waals surface area (Å²) < 4.78 is 0. The average Bonchev–Trinajstić information content (AvgIpc) is 2.71. The normalized spacial score (nSPS) is 20.1. The maximum Gasteiger partial charge on any atom is 0.269 e. The molecule has 1 fully saturated rings. The van der Waals surface area contributed by atoms with Gasteiger partial charge < -0.3 is 10.6 Å². The van der Waals surface area contributed by atoms with Gasteiger partial charge in [-0.05, 0) is 25.1 Å². The number of rotatable bonds is 3. The van der Waals surface area contributed by atoms with Gasteiger partial charge in [-0.1, -0.05) is 0 Å². The molecule has 0 unspecified atom stereocenters. The molecule has 0 aliphatic carbocycles. The van der Waals surface area contributed by atoms with Gasteiger partial charge in [-0.25, -0.2) is 0 Å². The molecule has 1 aliphatic rings. The minimum absolute atomic E-state index is 0.130. The zero-order valence-electron chi connectivity index (χ0n) is 8.27. The molecule has 1 aromatic carbocycles. The van der Waals surface area contributed by atoms with Crippen LogP contribution in [0.15, 0.2) is 24.3 Å². The van der Waals surface area contributed by atoms with Crippen LogP contribution >= 0.6 is 0 Å². The topological polar surface area (TPSA) is 67.2 Å². The monoisotopic (exact) mass is 207 g/mol. The molecule has 2 rings (SSSR count). The van der Waals surface area contributed by atoms with Gasteiger partial charge >= 0.3 is 0 Å². The average molecular weight is 207 g/mol. The Labute approximate surface area is 87.6 Å². The Hall–Kier alpha value is -1.62. The zero-order chi connectivity index (χ0) is 10.7. The first kappa shape index (κ1) is 9.92. The van der Waals surface area contributed by atoms with Gasteiger partial charge in [0.15, 0.2) is 0 Å². The summed E-state index contributed by atoms with van der Waals surface area (Å²) in [6, 6.07) is 6.97. The third-order valence-electron chi connectivity index (χ3n) is 2.51. The molecule has 2 N–H and O–H groups in total. The lowest BCUT2D eigenvalue weighted by atomic mass is 10.2. The number of nitro benzene ring substituents is 1. The number of benzene rings is 1. The first-order valence-electron chi connectivity index (χ1n) is 4.97. The fourth-order valence-corrected chi connectivity index (χ4v) is 1.69. The van der Waals surface area contributed by atoms with Gasteiger partial charge in [0.2, 0.25) is 0 Å². The molecule has 1 aliphatic heterocycles. The van der Waals surface area contributed by atoms with E-state index in [1.807, 2.05) is 0 Å². The van der Waals surface area contributed by atoms with Crippen molar-refractivity contribution in [2.24, 2.45) is 0 Å². The number of nitrogens with zero attached hydrogens (tertiary/aromatic N) is 1. The van der Waals surface area contributed by atoms with E-state index < -0.39 is 0 Å². The van der Waals surface area contributed by atoms with Crippen molar-refractivity contribution in [3.8, 4) is 0 Å². The van der Waals surface area contributed by atoms with E-state index in [1.54, 1.807) is 12.1 Å². The summed E-state index contributed by atoms with van der Waals surface area (Å²) in [5.74, 6) is 0. The Bertz CT molecular complexity index is 344. The first-order chi connectivity index (χ1) is 7.25. The smallest absolute Gasteiger partial charge is 0.269 e. The highest BCUT2D eigenvalue weighted by Crippen LogP contribution is 2.17. The summed E-state index contributed by atoms with van der Waals surface area (Å²) in [7, 11) is 0. The van der Waals surface area contributed by atoms with Crippen molar-refractivity contribution in [1.82, 2.24) is 5.32 Å². The van der Waals surface area contributed by atoms with Gasteiger partial charge in [0.1, 0.15) is 0 Å². The molecule has 5 nitrogen and oxygen atoms in total. The quantitative estimate of drug-likeness (QED) is 0.580. The number of nitro groups is 1. The second-order valence-corrected chi connectivity index (χ2v) is 3.64. The van der Waals surface area contributed by atoms with E-state index in [0.717, 1.165) is 25.2 Å². The van der Waals surface area contributed by atoms with E-state index in [4.69, 9.17) is 0 Å². The van der Waals surface area contributed by atoms with Crippen LogP contribution in [0.3, 0.4) is 0 Å².